The van der Waals surface area contributed by atoms with Crippen molar-refractivity contribution >= 4 is 5.96 Å². The molecule has 0 aromatic rings. The zero-order chi connectivity index (χ0) is 18.3. The molecule has 0 saturated carbocycles. The minimum absolute atomic E-state index is 0.691. The molecule has 1 saturated heterocycles. The molecule has 0 unspecified atom stereocenters. The number of nitrogens with zero attached hydrogens (tertiary/aromatic N) is 2. The molecule has 148 valence electrons. The first-order chi connectivity index (χ1) is 12.2. The maximum atomic E-state index is 5.65. The number of methoxy groups -OCH3 is 1. The molecule has 6 nitrogen and oxygen atoms in total. The van der Waals surface area contributed by atoms with Crippen molar-refractivity contribution in [1.29, 1.82) is 0 Å². The molecule has 1 fully saturated rings. The van der Waals surface area contributed by atoms with Gasteiger partial charge in [0, 0.05) is 39.9 Å². The van der Waals surface area contributed by atoms with Gasteiger partial charge in [-0.1, -0.05) is 13.8 Å². The van der Waals surface area contributed by atoms with Crippen LogP contribution in [-0.2, 0) is 9.47 Å². The minimum atomic E-state index is 0.691. The van der Waals surface area contributed by atoms with E-state index in [1.54, 1.807) is 7.11 Å². The van der Waals surface area contributed by atoms with Crippen LogP contribution >= 0.6 is 0 Å². The zero-order valence-electron chi connectivity index (χ0n) is 16.9. The zero-order valence-corrected chi connectivity index (χ0v) is 16.9. The Balaban J connectivity index is 2.19. The second-order valence-corrected chi connectivity index (χ2v) is 7.22. The van der Waals surface area contributed by atoms with Crippen LogP contribution in [0.15, 0.2) is 4.99 Å². The van der Waals surface area contributed by atoms with Crippen molar-refractivity contribution in [2.24, 2.45) is 16.8 Å². The fourth-order valence-corrected chi connectivity index (χ4v) is 2.84. The van der Waals surface area contributed by atoms with Gasteiger partial charge < -0.3 is 25.0 Å². The molecule has 25 heavy (non-hydrogen) atoms. The van der Waals surface area contributed by atoms with Gasteiger partial charge in [0.15, 0.2) is 5.96 Å². The number of piperidine rings is 1. The van der Waals surface area contributed by atoms with Crippen LogP contribution in [0.25, 0.3) is 0 Å². The largest absolute Gasteiger partial charge is 0.383 e. The van der Waals surface area contributed by atoms with Gasteiger partial charge in [-0.2, -0.15) is 0 Å². The summed E-state index contributed by atoms with van der Waals surface area (Å²) in [7, 11) is 1.77. The molecule has 0 spiro atoms. The van der Waals surface area contributed by atoms with Crippen molar-refractivity contribution in [3.8, 4) is 0 Å². The van der Waals surface area contributed by atoms with Crippen LogP contribution in [0.2, 0.25) is 0 Å². The van der Waals surface area contributed by atoms with E-state index < -0.39 is 0 Å². The van der Waals surface area contributed by atoms with Crippen molar-refractivity contribution in [3.05, 3.63) is 0 Å². The van der Waals surface area contributed by atoms with Gasteiger partial charge in [-0.3, -0.25) is 4.99 Å². The van der Waals surface area contributed by atoms with Gasteiger partial charge in [0.1, 0.15) is 0 Å². The summed E-state index contributed by atoms with van der Waals surface area (Å²) >= 11 is 0. The highest BCUT2D eigenvalue weighted by Crippen LogP contribution is 2.17. The van der Waals surface area contributed by atoms with Crippen molar-refractivity contribution in [1.82, 2.24) is 15.5 Å². The molecule has 0 atom stereocenters. The van der Waals surface area contributed by atoms with E-state index in [1.165, 1.54) is 12.8 Å². The first-order valence-corrected chi connectivity index (χ1v) is 9.96. The lowest BCUT2D eigenvalue weighted by atomic mass is 9.97. The van der Waals surface area contributed by atoms with E-state index in [9.17, 15) is 0 Å². The Bertz CT molecular complexity index is 342. The highest BCUT2D eigenvalue weighted by molar-refractivity contribution is 5.79. The van der Waals surface area contributed by atoms with E-state index >= 15 is 0 Å². The van der Waals surface area contributed by atoms with Crippen LogP contribution < -0.4 is 10.6 Å². The summed E-state index contributed by atoms with van der Waals surface area (Å²) in [6.07, 6.45) is 3.58. The Morgan fingerprint density at radius 3 is 2.56 bits per heavy atom. The summed E-state index contributed by atoms with van der Waals surface area (Å²) in [5.41, 5.74) is 0. The fraction of sp³-hybridized carbons (Fsp3) is 0.947. The third-order valence-corrected chi connectivity index (χ3v) is 4.55. The summed E-state index contributed by atoms with van der Waals surface area (Å²) < 4.78 is 10.8. The van der Waals surface area contributed by atoms with E-state index in [4.69, 9.17) is 14.5 Å². The Kier molecular flexibility index (Phi) is 12.7. The highest BCUT2D eigenvalue weighted by atomic mass is 16.5. The summed E-state index contributed by atoms with van der Waals surface area (Å²) in [4.78, 5) is 7.25. The topological polar surface area (TPSA) is 58.1 Å². The molecule has 0 bridgehead atoms. The maximum Gasteiger partial charge on any atom is 0.191 e. The van der Waals surface area contributed by atoms with Crippen molar-refractivity contribution in [2.45, 2.75) is 40.0 Å². The van der Waals surface area contributed by atoms with Crippen LogP contribution in [0, 0.1) is 11.8 Å². The monoisotopic (exact) mass is 356 g/mol. The third-order valence-electron chi connectivity index (χ3n) is 4.55. The lowest BCUT2D eigenvalue weighted by Gasteiger charge is -2.31. The third kappa shape index (κ3) is 11.4. The lowest BCUT2D eigenvalue weighted by molar-refractivity contribution is 0.121. The van der Waals surface area contributed by atoms with Crippen molar-refractivity contribution < 1.29 is 9.47 Å². The number of nitrogens with one attached hydrogen (secondary N) is 2. The number of guanidine groups is 1. The lowest BCUT2D eigenvalue weighted by Crippen LogP contribution is -2.40. The number of likely N-dealkylation sites (tertiary alicyclic amines) is 1. The predicted octanol–water partition coefficient (Wildman–Crippen LogP) is 1.96. The number of hydrogen-bond acceptors (Lipinski definition) is 4. The number of ether oxygens (including phenoxy) is 2. The Morgan fingerprint density at radius 2 is 1.92 bits per heavy atom. The number of rotatable bonds is 12. The van der Waals surface area contributed by atoms with Crippen molar-refractivity contribution in [2.75, 3.05) is 66.2 Å². The Morgan fingerprint density at radius 1 is 1.16 bits per heavy atom. The van der Waals surface area contributed by atoms with E-state index in [0.29, 0.717) is 11.8 Å². The van der Waals surface area contributed by atoms with Crippen LogP contribution in [0.3, 0.4) is 0 Å². The molecule has 1 rings (SSSR count). The van der Waals surface area contributed by atoms with Gasteiger partial charge in [0.25, 0.3) is 0 Å². The Hall–Kier alpha value is -0.850. The van der Waals surface area contributed by atoms with Gasteiger partial charge in [0.05, 0.1) is 13.2 Å². The minimum Gasteiger partial charge on any atom is -0.383 e. The Labute approximate surface area is 154 Å². The van der Waals surface area contributed by atoms with E-state index in [2.05, 4.69) is 36.3 Å². The molecule has 0 aromatic carbocycles. The first-order valence-electron chi connectivity index (χ1n) is 9.96. The van der Waals surface area contributed by atoms with Crippen LogP contribution in [0.4, 0.5) is 0 Å². The SMILES string of the molecule is CCNC(=NCC1CCN(CCOC)CC1)NCCOCCC(C)C. The average molecular weight is 357 g/mol. The summed E-state index contributed by atoms with van der Waals surface area (Å²) in [6.45, 7) is 14.9. The molecule has 0 aromatic heterocycles. The smallest absolute Gasteiger partial charge is 0.191 e. The molecule has 0 amide bonds. The molecule has 0 radical (unpaired) electrons. The quantitative estimate of drug-likeness (QED) is 0.318. The van der Waals surface area contributed by atoms with E-state index in [0.717, 1.165) is 71.5 Å². The summed E-state index contributed by atoms with van der Waals surface area (Å²) in [5, 5.41) is 6.70. The van der Waals surface area contributed by atoms with Gasteiger partial charge in [-0.15, -0.1) is 0 Å². The summed E-state index contributed by atoms with van der Waals surface area (Å²) in [5.74, 6) is 2.31. The first kappa shape index (κ1) is 22.2. The molecule has 0 aliphatic carbocycles. The van der Waals surface area contributed by atoms with E-state index in [1.807, 2.05) is 0 Å². The second-order valence-electron chi connectivity index (χ2n) is 7.22. The molecule has 1 aliphatic rings. The van der Waals surface area contributed by atoms with Crippen LogP contribution in [0.1, 0.15) is 40.0 Å². The number of aliphatic imine (C=N–C) groups is 1. The van der Waals surface area contributed by atoms with Gasteiger partial charge in [-0.05, 0) is 51.1 Å². The normalized spacial score (nSPS) is 17.2. The molecule has 1 heterocycles. The van der Waals surface area contributed by atoms with Gasteiger partial charge in [0.2, 0.25) is 0 Å². The van der Waals surface area contributed by atoms with Gasteiger partial charge in [-0.25, -0.2) is 0 Å². The van der Waals surface area contributed by atoms with E-state index in [-0.39, 0.29) is 0 Å². The maximum absolute atomic E-state index is 5.65. The standard InChI is InChI=1S/C19H40N4O2/c1-5-20-19(21-9-14-25-13-8-17(2)3)22-16-18-6-10-23(11-7-18)12-15-24-4/h17-18H,5-16H2,1-4H3,(H2,20,21,22). The molecule has 6 heteroatoms. The second kappa shape index (κ2) is 14.3. The molecular formula is C19H40N4O2. The highest BCUT2D eigenvalue weighted by Gasteiger charge is 2.18. The van der Waals surface area contributed by atoms with Crippen LogP contribution in [0.5, 0.6) is 0 Å². The average Bonchev–Trinajstić information content (AvgIpc) is 2.61. The fourth-order valence-electron chi connectivity index (χ4n) is 2.84. The molecular weight excluding hydrogens is 316 g/mol. The van der Waals surface area contributed by atoms with Gasteiger partial charge >= 0.3 is 0 Å². The predicted molar refractivity (Wildman–Crippen MR) is 105 cm³/mol. The number of hydrogen-bond donors (Lipinski definition) is 2. The van der Waals surface area contributed by atoms with Crippen molar-refractivity contribution in [3.63, 3.8) is 0 Å². The molecule has 1 aliphatic heterocycles. The van der Waals surface area contributed by atoms with Crippen LogP contribution in [-0.4, -0.2) is 77.1 Å². The molecule has 2 N–H and O–H groups in total. The summed E-state index contributed by atoms with van der Waals surface area (Å²) in [6, 6.07) is 0.